The summed E-state index contributed by atoms with van der Waals surface area (Å²) in [5.41, 5.74) is 12.2. The highest BCUT2D eigenvalue weighted by molar-refractivity contribution is 6.00. The van der Waals surface area contributed by atoms with Crippen LogP contribution in [0.15, 0.2) is 18.2 Å². The van der Waals surface area contributed by atoms with Crippen LogP contribution in [0.4, 0.5) is 11.4 Å². The Morgan fingerprint density at radius 1 is 1.40 bits per heavy atom. The first kappa shape index (κ1) is 14.7. The number of carbonyl (C=O) groups excluding carboxylic acids is 1. The molecule has 1 amide bonds. The first-order valence-corrected chi connectivity index (χ1v) is 7.04. The van der Waals surface area contributed by atoms with Gasteiger partial charge in [-0.25, -0.2) is 0 Å². The molecule has 110 valence electrons. The molecule has 0 aliphatic heterocycles. The predicted octanol–water partition coefficient (Wildman–Crippen LogP) is 1.52. The summed E-state index contributed by atoms with van der Waals surface area (Å²) in [4.78, 5) is 12.3. The maximum Gasteiger partial charge on any atom is 0.253 e. The third-order valence-electron chi connectivity index (χ3n) is 4.23. The van der Waals surface area contributed by atoms with Gasteiger partial charge in [0.15, 0.2) is 0 Å². The van der Waals surface area contributed by atoms with Gasteiger partial charge in [0.25, 0.3) is 5.91 Å². The van der Waals surface area contributed by atoms with Crippen LogP contribution in [-0.4, -0.2) is 23.2 Å². The van der Waals surface area contributed by atoms with Crippen molar-refractivity contribution >= 4 is 17.3 Å². The summed E-state index contributed by atoms with van der Waals surface area (Å²) >= 11 is 0. The molecule has 2 rings (SSSR count). The summed E-state index contributed by atoms with van der Waals surface area (Å²) in [7, 11) is 0. The number of hydrogen-bond acceptors (Lipinski definition) is 4. The van der Waals surface area contributed by atoms with Gasteiger partial charge in [-0.15, -0.1) is 0 Å². The standard InChI is InChI=1S/C15H23N3O2/c1-10-4-6-15(9-19,7-5-10)18-14(20)12-3-2-11(16)8-13(12)17/h2-3,8,10,19H,4-7,9,16-17H2,1H3,(H,18,20). The fourth-order valence-electron chi connectivity index (χ4n) is 2.73. The minimum Gasteiger partial charge on any atom is -0.399 e. The Morgan fingerprint density at radius 3 is 2.60 bits per heavy atom. The van der Waals surface area contributed by atoms with E-state index in [0.717, 1.165) is 25.7 Å². The van der Waals surface area contributed by atoms with Crippen LogP contribution in [0.5, 0.6) is 0 Å². The van der Waals surface area contributed by atoms with Gasteiger partial charge in [-0.05, 0) is 49.8 Å². The molecule has 1 aromatic rings. The van der Waals surface area contributed by atoms with Gasteiger partial charge in [-0.1, -0.05) is 6.92 Å². The number of benzene rings is 1. The van der Waals surface area contributed by atoms with Gasteiger partial charge < -0.3 is 21.9 Å². The predicted molar refractivity (Wildman–Crippen MR) is 80.2 cm³/mol. The molecule has 0 aromatic heterocycles. The van der Waals surface area contributed by atoms with Crippen LogP contribution >= 0.6 is 0 Å². The zero-order valence-corrected chi connectivity index (χ0v) is 11.9. The first-order valence-electron chi connectivity index (χ1n) is 7.04. The number of amides is 1. The van der Waals surface area contributed by atoms with E-state index in [9.17, 15) is 9.90 Å². The van der Waals surface area contributed by atoms with Gasteiger partial charge in [0, 0.05) is 11.4 Å². The zero-order valence-electron chi connectivity index (χ0n) is 11.9. The van der Waals surface area contributed by atoms with Crippen molar-refractivity contribution in [2.45, 2.75) is 38.1 Å². The van der Waals surface area contributed by atoms with Crippen LogP contribution in [0.1, 0.15) is 43.0 Å². The molecule has 0 unspecified atom stereocenters. The molecule has 5 nitrogen and oxygen atoms in total. The topological polar surface area (TPSA) is 101 Å². The number of nitrogens with two attached hydrogens (primary N) is 2. The third-order valence-corrected chi connectivity index (χ3v) is 4.23. The fourth-order valence-corrected chi connectivity index (χ4v) is 2.73. The number of hydrogen-bond donors (Lipinski definition) is 4. The molecular weight excluding hydrogens is 254 g/mol. The molecule has 1 fully saturated rings. The van der Waals surface area contributed by atoms with Gasteiger partial charge in [0.2, 0.25) is 0 Å². The molecule has 20 heavy (non-hydrogen) atoms. The van der Waals surface area contributed by atoms with E-state index in [1.54, 1.807) is 18.2 Å². The lowest BCUT2D eigenvalue weighted by Gasteiger charge is -2.38. The Morgan fingerprint density at radius 2 is 2.05 bits per heavy atom. The van der Waals surface area contributed by atoms with Crippen molar-refractivity contribution in [2.24, 2.45) is 5.92 Å². The SMILES string of the molecule is CC1CCC(CO)(NC(=O)c2ccc(N)cc2N)CC1. The molecule has 1 aliphatic rings. The first-order chi connectivity index (χ1) is 9.46. The van der Waals surface area contributed by atoms with Crippen molar-refractivity contribution in [1.29, 1.82) is 0 Å². The summed E-state index contributed by atoms with van der Waals surface area (Å²) in [6, 6.07) is 4.85. The van der Waals surface area contributed by atoms with Gasteiger partial charge in [0.1, 0.15) is 0 Å². The highest BCUT2D eigenvalue weighted by atomic mass is 16.3. The monoisotopic (exact) mass is 277 g/mol. The fraction of sp³-hybridized carbons (Fsp3) is 0.533. The van der Waals surface area contributed by atoms with Gasteiger partial charge in [-0.2, -0.15) is 0 Å². The van der Waals surface area contributed by atoms with Crippen molar-refractivity contribution in [3.63, 3.8) is 0 Å². The second-order valence-corrected chi connectivity index (χ2v) is 5.92. The average molecular weight is 277 g/mol. The quantitative estimate of drug-likeness (QED) is 0.629. The molecule has 0 radical (unpaired) electrons. The van der Waals surface area contributed by atoms with Crippen LogP contribution in [0.25, 0.3) is 0 Å². The molecule has 1 aliphatic carbocycles. The van der Waals surface area contributed by atoms with Crippen LogP contribution < -0.4 is 16.8 Å². The van der Waals surface area contributed by atoms with Crippen LogP contribution in [-0.2, 0) is 0 Å². The largest absolute Gasteiger partial charge is 0.399 e. The molecular formula is C15H23N3O2. The summed E-state index contributed by atoms with van der Waals surface area (Å²) in [5.74, 6) is 0.402. The second kappa shape index (κ2) is 5.71. The molecule has 0 atom stereocenters. The van der Waals surface area contributed by atoms with Crippen LogP contribution in [0.2, 0.25) is 0 Å². The Labute approximate surface area is 119 Å². The van der Waals surface area contributed by atoms with Crippen molar-refractivity contribution < 1.29 is 9.90 Å². The highest BCUT2D eigenvalue weighted by Crippen LogP contribution is 2.32. The number of aliphatic hydroxyl groups excluding tert-OH is 1. The lowest BCUT2D eigenvalue weighted by molar-refractivity contribution is 0.0718. The molecule has 1 saturated carbocycles. The van der Waals surface area contributed by atoms with Crippen molar-refractivity contribution in [3.8, 4) is 0 Å². The van der Waals surface area contributed by atoms with Gasteiger partial charge >= 0.3 is 0 Å². The molecule has 0 bridgehead atoms. The molecule has 6 N–H and O–H groups in total. The second-order valence-electron chi connectivity index (χ2n) is 5.92. The van der Waals surface area contributed by atoms with Crippen molar-refractivity contribution in [1.82, 2.24) is 5.32 Å². The normalized spacial score (nSPS) is 26.2. The Balaban J connectivity index is 2.13. The molecule has 0 heterocycles. The molecule has 0 spiro atoms. The lowest BCUT2D eigenvalue weighted by atomic mass is 9.77. The summed E-state index contributed by atoms with van der Waals surface area (Å²) < 4.78 is 0. The van der Waals surface area contributed by atoms with E-state index in [4.69, 9.17) is 11.5 Å². The zero-order chi connectivity index (χ0) is 14.8. The number of nitrogens with one attached hydrogen (secondary N) is 1. The number of nitrogen functional groups attached to an aromatic ring is 2. The van der Waals surface area contributed by atoms with E-state index in [-0.39, 0.29) is 12.5 Å². The maximum atomic E-state index is 12.3. The van der Waals surface area contributed by atoms with Gasteiger partial charge in [-0.3, -0.25) is 4.79 Å². The average Bonchev–Trinajstić information content (AvgIpc) is 2.41. The Kier molecular flexibility index (Phi) is 4.18. The molecule has 5 heteroatoms. The number of aliphatic hydroxyl groups is 1. The summed E-state index contributed by atoms with van der Waals surface area (Å²) in [6.45, 7) is 2.15. The number of rotatable bonds is 3. The van der Waals surface area contributed by atoms with E-state index in [2.05, 4.69) is 12.2 Å². The van der Waals surface area contributed by atoms with E-state index in [1.807, 2.05) is 0 Å². The van der Waals surface area contributed by atoms with E-state index in [1.165, 1.54) is 0 Å². The maximum absolute atomic E-state index is 12.3. The lowest BCUT2D eigenvalue weighted by Crippen LogP contribution is -2.53. The smallest absolute Gasteiger partial charge is 0.253 e. The minimum atomic E-state index is -0.516. The minimum absolute atomic E-state index is 0.0413. The Hall–Kier alpha value is -1.75. The van der Waals surface area contributed by atoms with Crippen molar-refractivity contribution in [2.75, 3.05) is 18.1 Å². The van der Waals surface area contributed by atoms with E-state index >= 15 is 0 Å². The summed E-state index contributed by atoms with van der Waals surface area (Å²) in [5, 5.41) is 12.6. The van der Waals surface area contributed by atoms with E-state index < -0.39 is 5.54 Å². The molecule has 1 aromatic carbocycles. The van der Waals surface area contributed by atoms with E-state index in [0.29, 0.717) is 22.9 Å². The van der Waals surface area contributed by atoms with Crippen LogP contribution in [0.3, 0.4) is 0 Å². The Bertz CT molecular complexity index is 494. The highest BCUT2D eigenvalue weighted by Gasteiger charge is 2.35. The number of anilines is 2. The molecule has 0 saturated heterocycles. The van der Waals surface area contributed by atoms with Crippen LogP contribution in [0, 0.1) is 5.92 Å². The number of carbonyl (C=O) groups is 1. The van der Waals surface area contributed by atoms with Crippen molar-refractivity contribution in [3.05, 3.63) is 23.8 Å². The third kappa shape index (κ3) is 3.04. The van der Waals surface area contributed by atoms with Gasteiger partial charge in [0.05, 0.1) is 17.7 Å². The summed E-state index contributed by atoms with van der Waals surface area (Å²) in [6.07, 6.45) is 3.62.